The predicted molar refractivity (Wildman–Crippen MR) is 93.3 cm³/mol. The minimum absolute atomic E-state index is 0.0344. The van der Waals surface area contributed by atoms with E-state index in [1.54, 1.807) is 11.8 Å². The molecule has 1 aromatic carbocycles. The Morgan fingerprint density at radius 1 is 1.33 bits per heavy atom. The molecule has 4 rings (SSSR count). The van der Waals surface area contributed by atoms with Gasteiger partial charge in [0.1, 0.15) is 12.6 Å². The van der Waals surface area contributed by atoms with Gasteiger partial charge in [0.15, 0.2) is 17.4 Å². The largest absolute Gasteiger partial charge is 0.490 e. The van der Waals surface area contributed by atoms with E-state index < -0.39 is 29.8 Å². The van der Waals surface area contributed by atoms with E-state index in [-0.39, 0.29) is 30.0 Å². The third-order valence-electron chi connectivity index (χ3n) is 4.47. The van der Waals surface area contributed by atoms with Crippen molar-refractivity contribution in [1.82, 2.24) is 10.7 Å². The molecule has 1 saturated heterocycles. The second-order valence-electron chi connectivity index (χ2n) is 6.54. The van der Waals surface area contributed by atoms with Crippen LogP contribution in [0.2, 0.25) is 0 Å². The molecule has 0 spiro atoms. The van der Waals surface area contributed by atoms with Crippen molar-refractivity contribution in [1.29, 1.82) is 0 Å². The molecule has 30 heavy (non-hydrogen) atoms. The number of ether oxygens (including phenoxy) is 1. The minimum atomic E-state index is -5.08. The number of hydrazone groups is 1. The summed E-state index contributed by atoms with van der Waals surface area (Å²) in [7, 11) is 0. The van der Waals surface area contributed by atoms with Crippen molar-refractivity contribution in [2.75, 3.05) is 29.9 Å². The highest BCUT2D eigenvalue weighted by Gasteiger charge is 2.39. The fourth-order valence-corrected chi connectivity index (χ4v) is 2.82. The molecule has 0 aromatic heterocycles. The Hall–Kier alpha value is -3.16. The van der Waals surface area contributed by atoms with Crippen LogP contribution in [0.5, 0.6) is 5.75 Å². The van der Waals surface area contributed by atoms with Gasteiger partial charge in [-0.1, -0.05) is 0 Å². The average Bonchev–Trinajstić information content (AvgIpc) is 2.64. The number of carboxylic acids is 1. The van der Waals surface area contributed by atoms with Gasteiger partial charge in [-0.25, -0.2) is 14.6 Å². The molecule has 0 aliphatic carbocycles. The summed E-state index contributed by atoms with van der Waals surface area (Å²) in [5, 5.41) is 17.1. The Bertz CT molecular complexity index is 903. The number of hydrogen-bond donors (Lipinski definition) is 4. The lowest BCUT2D eigenvalue weighted by Gasteiger charge is -2.38. The number of nitrogens with zero attached hydrogens (tertiary/aromatic N) is 2. The maximum Gasteiger partial charge on any atom is 0.490 e. The van der Waals surface area contributed by atoms with Crippen LogP contribution in [0.15, 0.2) is 11.2 Å². The van der Waals surface area contributed by atoms with E-state index in [0.29, 0.717) is 24.6 Å². The van der Waals surface area contributed by atoms with Crippen molar-refractivity contribution < 1.29 is 41.4 Å². The lowest BCUT2D eigenvalue weighted by Crippen LogP contribution is -2.55. The number of hydrogen-bond acceptors (Lipinski definition) is 7. The molecule has 3 heterocycles. The van der Waals surface area contributed by atoms with Crippen LogP contribution in [0.25, 0.3) is 0 Å². The minimum Gasteiger partial charge on any atom is -0.480 e. The number of alkyl halides is 3. The number of aliphatic carboxylic acids is 1. The first-order chi connectivity index (χ1) is 14.0. The van der Waals surface area contributed by atoms with Gasteiger partial charge in [-0.05, 0) is 13.0 Å². The maximum atomic E-state index is 14.4. The van der Waals surface area contributed by atoms with Gasteiger partial charge in [-0.15, -0.1) is 0 Å². The zero-order valence-corrected chi connectivity index (χ0v) is 15.3. The number of amidine groups is 1. The van der Waals surface area contributed by atoms with Crippen molar-refractivity contribution >= 4 is 29.1 Å². The summed E-state index contributed by atoms with van der Waals surface area (Å²) < 4.78 is 65.7. The van der Waals surface area contributed by atoms with Crippen molar-refractivity contribution in [2.24, 2.45) is 5.10 Å². The van der Waals surface area contributed by atoms with Crippen LogP contribution < -0.4 is 25.7 Å². The monoisotopic (exact) mass is 437 g/mol. The van der Waals surface area contributed by atoms with Crippen molar-refractivity contribution in [3.8, 4) is 5.75 Å². The van der Waals surface area contributed by atoms with Crippen LogP contribution in [0, 0.1) is 11.6 Å². The molecule has 14 heteroatoms. The summed E-state index contributed by atoms with van der Waals surface area (Å²) in [6, 6.07) is 0.922. The number of nitrogens with one attached hydrogen (secondary N) is 3. The molecular formula is C16H16F5N5O4. The molecular weight excluding hydrogens is 421 g/mol. The lowest BCUT2D eigenvalue weighted by molar-refractivity contribution is -0.192. The number of amides is 1. The lowest BCUT2D eigenvalue weighted by atomic mass is 10.1. The van der Waals surface area contributed by atoms with Gasteiger partial charge in [0.25, 0.3) is 5.91 Å². The highest BCUT2D eigenvalue weighted by Crippen LogP contribution is 2.41. The van der Waals surface area contributed by atoms with Crippen molar-refractivity contribution in [3.05, 3.63) is 17.7 Å². The predicted octanol–water partition coefficient (Wildman–Crippen LogP) is 1.01. The van der Waals surface area contributed by atoms with Gasteiger partial charge >= 0.3 is 12.1 Å². The van der Waals surface area contributed by atoms with Crippen LogP contribution in [0.1, 0.15) is 6.92 Å². The van der Waals surface area contributed by atoms with E-state index in [9.17, 15) is 26.7 Å². The van der Waals surface area contributed by atoms with Crippen LogP contribution in [-0.2, 0) is 9.59 Å². The highest BCUT2D eigenvalue weighted by atomic mass is 19.4. The second-order valence-corrected chi connectivity index (χ2v) is 6.54. The van der Waals surface area contributed by atoms with Crippen molar-refractivity contribution in [2.45, 2.75) is 25.2 Å². The second kappa shape index (κ2) is 7.93. The maximum absolute atomic E-state index is 14.4. The van der Waals surface area contributed by atoms with Gasteiger partial charge in [0, 0.05) is 13.1 Å². The van der Waals surface area contributed by atoms with E-state index in [1.807, 2.05) is 0 Å². The molecule has 164 valence electrons. The van der Waals surface area contributed by atoms with Crippen molar-refractivity contribution in [3.63, 3.8) is 0 Å². The molecule has 3 aliphatic rings. The van der Waals surface area contributed by atoms with Gasteiger partial charge in [-0.3, -0.25) is 4.79 Å². The number of halogens is 5. The fraction of sp³-hybridized carbons (Fsp3) is 0.438. The molecule has 3 aliphatic heterocycles. The van der Waals surface area contributed by atoms with E-state index in [4.69, 9.17) is 14.6 Å². The number of carbonyl (C=O) groups is 2. The normalized spacial score (nSPS) is 20.3. The Labute approximate surface area is 165 Å². The zero-order chi connectivity index (χ0) is 22.2. The van der Waals surface area contributed by atoms with Crippen LogP contribution in [-0.4, -0.2) is 60.8 Å². The van der Waals surface area contributed by atoms with E-state index >= 15 is 0 Å². The van der Waals surface area contributed by atoms with Crippen LogP contribution in [0.4, 0.5) is 33.3 Å². The molecule has 1 fully saturated rings. The van der Waals surface area contributed by atoms with Crippen LogP contribution >= 0.6 is 0 Å². The molecule has 1 amide bonds. The fourth-order valence-electron chi connectivity index (χ4n) is 2.82. The number of benzene rings is 1. The van der Waals surface area contributed by atoms with Gasteiger partial charge < -0.3 is 25.4 Å². The smallest absolute Gasteiger partial charge is 0.480 e. The van der Waals surface area contributed by atoms with E-state index in [2.05, 4.69) is 21.2 Å². The summed E-state index contributed by atoms with van der Waals surface area (Å²) in [6.07, 6.45) is -5.08. The number of carbonyl (C=O) groups excluding carboxylic acids is 1. The summed E-state index contributed by atoms with van der Waals surface area (Å²) in [4.78, 5) is 22.3. The molecule has 0 bridgehead atoms. The van der Waals surface area contributed by atoms with Crippen LogP contribution in [0.3, 0.4) is 0 Å². The summed E-state index contributed by atoms with van der Waals surface area (Å²) in [6.45, 7) is 3.00. The number of fused-ring (bicyclic) bond motifs is 3. The van der Waals surface area contributed by atoms with Gasteiger partial charge in [0.05, 0.1) is 17.4 Å². The SMILES string of the molecule is CC1C(=O)NN=C2COc3c(cc(NC4CNC4)c(F)c3F)N21.O=C(O)C(F)(F)F. The molecule has 9 nitrogen and oxygen atoms in total. The standard InChI is InChI=1S/C14H15F2N5O2.C2HF3O2/c1-6-14(22)20-19-10-5-23-13-9(21(6)10)2-8(11(15)12(13)16)18-7-3-17-4-7;3-2(4,5)1(6)7/h2,6-7,17-18H,3-5H2,1H3,(H,20,22);(H,6,7). The first kappa shape index (κ1) is 21.5. The first-order valence-electron chi connectivity index (χ1n) is 8.58. The zero-order valence-electron chi connectivity index (χ0n) is 15.3. The third-order valence-corrected chi connectivity index (χ3v) is 4.47. The van der Waals surface area contributed by atoms with Gasteiger partial charge in [-0.2, -0.15) is 22.7 Å². The Morgan fingerprint density at radius 3 is 2.50 bits per heavy atom. The molecule has 4 N–H and O–H groups in total. The summed E-state index contributed by atoms with van der Waals surface area (Å²) >= 11 is 0. The Morgan fingerprint density at radius 2 is 1.97 bits per heavy atom. The average molecular weight is 437 g/mol. The van der Waals surface area contributed by atoms with Gasteiger partial charge in [0.2, 0.25) is 5.82 Å². The Balaban J connectivity index is 0.000000318. The first-order valence-corrected chi connectivity index (χ1v) is 8.58. The molecule has 1 atom stereocenters. The Kier molecular flexibility index (Phi) is 5.70. The third kappa shape index (κ3) is 4.08. The topological polar surface area (TPSA) is 115 Å². The number of carboxylic acid groups (broad SMARTS) is 1. The quantitative estimate of drug-likeness (QED) is 0.511. The summed E-state index contributed by atoms with van der Waals surface area (Å²) in [5.74, 6) is -4.86. The summed E-state index contributed by atoms with van der Waals surface area (Å²) in [5.41, 5.74) is 2.74. The van der Waals surface area contributed by atoms with E-state index in [1.165, 1.54) is 6.07 Å². The number of rotatable bonds is 2. The van der Waals surface area contributed by atoms with E-state index in [0.717, 1.165) is 0 Å². The molecule has 1 unspecified atom stereocenters. The molecule has 0 saturated carbocycles. The highest BCUT2D eigenvalue weighted by molar-refractivity contribution is 6.09. The molecule has 1 aromatic rings. The number of anilines is 2. The molecule has 0 radical (unpaired) electrons.